The summed E-state index contributed by atoms with van der Waals surface area (Å²) in [5.74, 6) is 0.651. The highest BCUT2D eigenvalue weighted by Gasteiger charge is 2.29. The topological polar surface area (TPSA) is 67.0 Å². The number of carbonyl (C=O) groups excluding carboxylic acids is 1. The Hall–Kier alpha value is -1.56. The number of carbonyl (C=O) groups is 1. The van der Waals surface area contributed by atoms with Gasteiger partial charge in [0.25, 0.3) is 0 Å². The van der Waals surface area contributed by atoms with Gasteiger partial charge in [0.1, 0.15) is 5.76 Å². The van der Waals surface area contributed by atoms with E-state index in [0.717, 1.165) is 12.8 Å². The first-order valence-corrected chi connectivity index (χ1v) is 6.29. The van der Waals surface area contributed by atoms with E-state index < -0.39 is 0 Å². The summed E-state index contributed by atoms with van der Waals surface area (Å²) in [6, 6.07) is 3.56. The van der Waals surface area contributed by atoms with Gasteiger partial charge in [0.05, 0.1) is 17.7 Å². The van der Waals surface area contributed by atoms with Gasteiger partial charge in [-0.15, -0.1) is 5.10 Å². The van der Waals surface area contributed by atoms with Gasteiger partial charge < -0.3 is 9.73 Å². The normalized spacial score (nSPS) is 22.5. The van der Waals surface area contributed by atoms with Gasteiger partial charge in [0.2, 0.25) is 5.91 Å². The van der Waals surface area contributed by atoms with Crippen LogP contribution in [-0.2, 0) is 4.79 Å². The van der Waals surface area contributed by atoms with Gasteiger partial charge >= 0.3 is 0 Å². The molecule has 6 heteroatoms. The summed E-state index contributed by atoms with van der Waals surface area (Å²) in [4.78, 5) is 11.5. The average Bonchev–Trinajstić information content (AvgIpc) is 2.91. The zero-order chi connectivity index (χ0) is 12.1. The summed E-state index contributed by atoms with van der Waals surface area (Å²) in [6.07, 6.45) is 4.91. The van der Waals surface area contributed by atoms with E-state index in [1.165, 1.54) is 18.0 Å². The molecule has 5 nitrogen and oxygen atoms in total. The third-order valence-corrected chi connectivity index (χ3v) is 3.35. The fourth-order valence-corrected chi connectivity index (χ4v) is 2.45. The van der Waals surface area contributed by atoms with E-state index in [1.54, 1.807) is 18.4 Å². The molecule has 1 aromatic rings. The van der Waals surface area contributed by atoms with Crippen molar-refractivity contribution < 1.29 is 9.21 Å². The molecule has 1 saturated heterocycles. The van der Waals surface area contributed by atoms with Crippen LogP contribution < -0.4 is 5.32 Å². The fourth-order valence-electron chi connectivity index (χ4n) is 1.41. The van der Waals surface area contributed by atoms with Crippen molar-refractivity contribution in [2.24, 2.45) is 10.2 Å². The second-order valence-electron chi connectivity index (χ2n) is 3.55. The molecular formula is C11H13N3O2S. The number of thioether (sulfide) groups is 1. The maximum Gasteiger partial charge on any atom is 0.239 e. The lowest BCUT2D eigenvalue weighted by molar-refractivity contribution is -0.118. The smallest absolute Gasteiger partial charge is 0.239 e. The molecule has 0 aliphatic carbocycles. The Balaban J connectivity index is 1.93. The number of amidine groups is 1. The molecule has 1 aliphatic rings. The number of nitrogens with zero attached hydrogens (tertiary/aromatic N) is 2. The molecule has 90 valence electrons. The molecular weight excluding hydrogens is 238 g/mol. The third-order valence-electron chi connectivity index (χ3n) is 2.20. The standard InChI is InChI=1S/C11H13N3O2S/c1-2-4-9-10(15)13-11(17-9)14-12-7-8-5-3-6-16-8/h3,5-7,9H,2,4H2,1H3,(H,13,14,15)/t9-/m0/s1. The van der Waals surface area contributed by atoms with E-state index in [1.807, 2.05) is 0 Å². The zero-order valence-corrected chi connectivity index (χ0v) is 10.2. The Bertz CT molecular complexity index is 440. The maximum absolute atomic E-state index is 11.5. The molecule has 0 spiro atoms. The minimum Gasteiger partial charge on any atom is -0.463 e. The number of nitrogens with one attached hydrogen (secondary N) is 1. The number of amides is 1. The Morgan fingerprint density at radius 1 is 1.65 bits per heavy atom. The van der Waals surface area contributed by atoms with E-state index >= 15 is 0 Å². The van der Waals surface area contributed by atoms with Gasteiger partial charge in [-0.2, -0.15) is 5.10 Å². The highest BCUT2D eigenvalue weighted by Crippen LogP contribution is 2.23. The lowest BCUT2D eigenvalue weighted by atomic mass is 10.2. The second kappa shape index (κ2) is 5.67. The van der Waals surface area contributed by atoms with Crippen LogP contribution in [0.15, 0.2) is 33.0 Å². The van der Waals surface area contributed by atoms with Crippen LogP contribution in [0.25, 0.3) is 0 Å². The van der Waals surface area contributed by atoms with Crippen molar-refractivity contribution in [1.29, 1.82) is 0 Å². The van der Waals surface area contributed by atoms with Gasteiger partial charge in [0.15, 0.2) is 5.17 Å². The van der Waals surface area contributed by atoms with Crippen LogP contribution in [0.2, 0.25) is 0 Å². The molecule has 1 aromatic heterocycles. The molecule has 0 saturated carbocycles. The third kappa shape index (κ3) is 3.20. The lowest BCUT2D eigenvalue weighted by Gasteiger charge is -1.99. The van der Waals surface area contributed by atoms with Gasteiger partial charge in [-0.3, -0.25) is 4.79 Å². The van der Waals surface area contributed by atoms with E-state index in [9.17, 15) is 4.79 Å². The first kappa shape index (κ1) is 11.9. The van der Waals surface area contributed by atoms with Crippen molar-refractivity contribution in [3.63, 3.8) is 0 Å². The summed E-state index contributed by atoms with van der Waals surface area (Å²) in [7, 11) is 0. The first-order chi connectivity index (χ1) is 8.29. The van der Waals surface area contributed by atoms with Gasteiger partial charge in [-0.25, -0.2) is 0 Å². The van der Waals surface area contributed by atoms with E-state index in [0.29, 0.717) is 10.9 Å². The van der Waals surface area contributed by atoms with Crippen molar-refractivity contribution in [1.82, 2.24) is 5.32 Å². The number of hydrogen-bond donors (Lipinski definition) is 1. The zero-order valence-electron chi connectivity index (χ0n) is 9.42. The summed E-state index contributed by atoms with van der Waals surface area (Å²) >= 11 is 1.43. The van der Waals surface area contributed by atoms with Gasteiger partial charge in [0, 0.05) is 0 Å². The average molecular weight is 251 g/mol. The van der Waals surface area contributed by atoms with Crippen LogP contribution in [0.1, 0.15) is 25.5 Å². The number of rotatable bonds is 4. The van der Waals surface area contributed by atoms with Crippen molar-refractivity contribution >= 4 is 29.1 Å². The van der Waals surface area contributed by atoms with E-state index in [2.05, 4.69) is 22.4 Å². The molecule has 1 aliphatic heterocycles. The molecule has 1 N–H and O–H groups in total. The van der Waals surface area contributed by atoms with Crippen LogP contribution in [0.4, 0.5) is 0 Å². The molecule has 2 rings (SSSR count). The Labute approximate surface area is 103 Å². The minimum atomic E-state index is -0.0300. The van der Waals surface area contributed by atoms with Crippen LogP contribution >= 0.6 is 11.8 Å². The predicted octanol–water partition coefficient (Wildman–Crippen LogP) is 2.00. The Morgan fingerprint density at radius 3 is 3.24 bits per heavy atom. The highest BCUT2D eigenvalue weighted by molar-refractivity contribution is 8.15. The van der Waals surface area contributed by atoms with Crippen molar-refractivity contribution in [3.8, 4) is 0 Å². The van der Waals surface area contributed by atoms with E-state index in [4.69, 9.17) is 4.42 Å². The molecule has 0 aromatic carbocycles. The van der Waals surface area contributed by atoms with Crippen LogP contribution in [0.3, 0.4) is 0 Å². The second-order valence-corrected chi connectivity index (χ2v) is 4.74. The molecule has 0 bridgehead atoms. The summed E-state index contributed by atoms with van der Waals surface area (Å²) in [5.41, 5.74) is 0. The van der Waals surface area contributed by atoms with Crippen LogP contribution in [0.5, 0.6) is 0 Å². The number of furan rings is 1. The van der Waals surface area contributed by atoms with Crippen molar-refractivity contribution in [2.75, 3.05) is 0 Å². The van der Waals surface area contributed by atoms with Crippen molar-refractivity contribution in [2.45, 2.75) is 25.0 Å². The molecule has 1 amide bonds. The Kier molecular flexibility index (Phi) is 3.98. The fraction of sp³-hybridized carbons (Fsp3) is 0.364. The van der Waals surface area contributed by atoms with Gasteiger partial charge in [-0.1, -0.05) is 25.1 Å². The molecule has 1 atom stereocenters. The van der Waals surface area contributed by atoms with Gasteiger partial charge in [-0.05, 0) is 18.6 Å². The summed E-state index contributed by atoms with van der Waals surface area (Å²) < 4.78 is 5.07. The quantitative estimate of drug-likeness (QED) is 0.657. The monoisotopic (exact) mass is 251 g/mol. The van der Waals surface area contributed by atoms with E-state index in [-0.39, 0.29) is 11.2 Å². The molecule has 0 radical (unpaired) electrons. The largest absolute Gasteiger partial charge is 0.463 e. The predicted molar refractivity (Wildman–Crippen MR) is 68.2 cm³/mol. The molecule has 2 heterocycles. The maximum atomic E-state index is 11.5. The van der Waals surface area contributed by atoms with Crippen LogP contribution in [0, 0.1) is 0 Å². The molecule has 0 unspecified atom stereocenters. The SMILES string of the molecule is CCC[C@@H]1SC(=NN=Cc2ccco2)NC1=O. The summed E-state index contributed by atoms with van der Waals surface area (Å²) in [5, 5.41) is 11.0. The number of hydrogen-bond acceptors (Lipinski definition) is 5. The molecule has 17 heavy (non-hydrogen) atoms. The minimum absolute atomic E-state index is 0.0174. The summed E-state index contributed by atoms with van der Waals surface area (Å²) in [6.45, 7) is 2.05. The Morgan fingerprint density at radius 2 is 2.53 bits per heavy atom. The lowest BCUT2D eigenvalue weighted by Crippen LogP contribution is -2.24. The van der Waals surface area contributed by atoms with Crippen molar-refractivity contribution in [3.05, 3.63) is 24.2 Å². The highest BCUT2D eigenvalue weighted by atomic mass is 32.2. The molecule has 1 fully saturated rings. The van der Waals surface area contributed by atoms with Crippen LogP contribution in [-0.4, -0.2) is 22.5 Å². The first-order valence-electron chi connectivity index (χ1n) is 5.41.